The summed E-state index contributed by atoms with van der Waals surface area (Å²) in [6, 6.07) is 22.1. The molecule has 4 nitrogen and oxygen atoms in total. The first kappa shape index (κ1) is 18.8. The molecule has 0 bridgehead atoms. The molecule has 0 fully saturated rings. The molecule has 1 unspecified atom stereocenters. The van der Waals surface area contributed by atoms with E-state index in [1.54, 1.807) is 29.2 Å². The predicted octanol–water partition coefficient (Wildman–Crippen LogP) is 5.87. The maximum Gasteiger partial charge on any atom is 0.295 e. The smallest absolute Gasteiger partial charge is 0.295 e. The third-order valence-corrected chi connectivity index (χ3v) is 6.06. The van der Waals surface area contributed by atoms with E-state index in [0.717, 1.165) is 16.5 Å². The molecule has 2 heterocycles. The van der Waals surface area contributed by atoms with Crippen LogP contribution in [0.4, 0.5) is 5.69 Å². The van der Waals surface area contributed by atoms with Crippen LogP contribution >= 0.6 is 15.9 Å². The van der Waals surface area contributed by atoms with Gasteiger partial charge in [-0.25, -0.2) is 0 Å². The molecule has 1 aromatic heterocycles. The number of amides is 1. The molecule has 1 aliphatic rings. The van der Waals surface area contributed by atoms with Crippen LogP contribution in [0.15, 0.2) is 86.5 Å². The second-order valence-corrected chi connectivity index (χ2v) is 8.24. The summed E-state index contributed by atoms with van der Waals surface area (Å²) in [5.74, 6) is -0.196. The quantitative estimate of drug-likeness (QED) is 0.385. The van der Waals surface area contributed by atoms with Crippen molar-refractivity contribution in [3.63, 3.8) is 0 Å². The van der Waals surface area contributed by atoms with Crippen molar-refractivity contribution in [3.05, 3.63) is 110 Å². The van der Waals surface area contributed by atoms with Crippen molar-refractivity contribution in [1.29, 1.82) is 0 Å². The van der Waals surface area contributed by atoms with Gasteiger partial charge in [-0.05, 0) is 47.9 Å². The van der Waals surface area contributed by atoms with E-state index in [2.05, 4.69) is 22.9 Å². The Morgan fingerprint density at radius 1 is 0.967 bits per heavy atom. The molecule has 5 heteroatoms. The molecule has 0 saturated carbocycles. The van der Waals surface area contributed by atoms with Crippen molar-refractivity contribution in [3.8, 4) is 0 Å². The molecule has 30 heavy (non-hydrogen) atoms. The molecule has 4 aromatic rings. The van der Waals surface area contributed by atoms with Gasteiger partial charge in [-0.1, -0.05) is 65.3 Å². The fourth-order valence-electron chi connectivity index (χ4n) is 4.06. The Labute approximate surface area is 181 Å². The second-order valence-electron chi connectivity index (χ2n) is 7.32. The van der Waals surface area contributed by atoms with Gasteiger partial charge in [-0.2, -0.15) is 0 Å². The van der Waals surface area contributed by atoms with E-state index in [1.807, 2.05) is 48.5 Å². The van der Waals surface area contributed by atoms with E-state index in [-0.39, 0.29) is 17.1 Å². The molecule has 0 spiro atoms. The highest BCUT2D eigenvalue weighted by molar-refractivity contribution is 9.10. The van der Waals surface area contributed by atoms with Gasteiger partial charge in [0.05, 0.1) is 17.0 Å². The molecule has 0 radical (unpaired) electrons. The number of hydrogen-bond acceptors (Lipinski definition) is 3. The highest BCUT2D eigenvalue weighted by atomic mass is 79.9. The number of fused-ring (bicyclic) bond motifs is 2. The minimum atomic E-state index is -0.548. The van der Waals surface area contributed by atoms with Crippen molar-refractivity contribution < 1.29 is 9.21 Å². The van der Waals surface area contributed by atoms with Crippen LogP contribution in [0.5, 0.6) is 0 Å². The van der Waals surface area contributed by atoms with E-state index in [1.165, 1.54) is 5.56 Å². The highest BCUT2D eigenvalue weighted by Crippen LogP contribution is 2.41. The summed E-state index contributed by atoms with van der Waals surface area (Å²) in [6.45, 7) is 2.10. The summed E-state index contributed by atoms with van der Waals surface area (Å²) in [5.41, 5.74) is 3.43. The van der Waals surface area contributed by atoms with Gasteiger partial charge < -0.3 is 4.42 Å². The van der Waals surface area contributed by atoms with Crippen LogP contribution in [0.2, 0.25) is 0 Å². The lowest BCUT2D eigenvalue weighted by molar-refractivity contribution is 0.0971. The Hall–Kier alpha value is -3.18. The maximum atomic E-state index is 13.5. The molecule has 0 N–H and O–H groups in total. The Kier molecular flexibility index (Phi) is 4.55. The Morgan fingerprint density at radius 3 is 2.47 bits per heavy atom. The Morgan fingerprint density at radius 2 is 1.73 bits per heavy atom. The molecule has 3 aromatic carbocycles. The molecule has 1 atom stereocenters. The number of hydrogen-bond donors (Lipinski definition) is 0. The minimum absolute atomic E-state index is 0.114. The summed E-state index contributed by atoms with van der Waals surface area (Å²) in [4.78, 5) is 28.6. The number of carbonyl (C=O) groups is 1. The van der Waals surface area contributed by atoms with Gasteiger partial charge in [0.25, 0.3) is 5.91 Å². The third-order valence-electron chi connectivity index (χ3n) is 5.57. The first-order valence-corrected chi connectivity index (χ1v) is 10.6. The van der Waals surface area contributed by atoms with Crippen LogP contribution in [-0.4, -0.2) is 5.91 Å². The van der Waals surface area contributed by atoms with Crippen molar-refractivity contribution in [1.82, 2.24) is 0 Å². The number of aryl methyl sites for hydroxylation is 1. The van der Waals surface area contributed by atoms with Crippen LogP contribution in [0.3, 0.4) is 0 Å². The third kappa shape index (κ3) is 2.89. The molecule has 5 rings (SSSR count). The van der Waals surface area contributed by atoms with Crippen LogP contribution in [0.1, 0.15) is 40.2 Å². The number of para-hydroxylation sites is 1. The van der Waals surface area contributed by atoms with Crippen LogP contribution in [0, 0.1) is 0 Å². The summed E-state index contributed by atoms with van der Waals surface area (Å²) in [7, 11) is 0. The van der Waals surface area contributed by atoms with E-state index in [0.29, 0.717) is 22.2 Å². The van der Waals surface area contributed by atoms with Gasteiger partial charge in [-0.3, -0.25) is 14.5 Å². The largest absolute Gasteiger partial charge is 0.450 e. The zero-order valence-electron chi connectivity index (χ0n) is 16.3. The molecule has 1 aliphatic heterocycles. The van der Waals surface area contributed by atoms with Crippen LogP contribution in [-0.2, 0) is 6.42 Å². The van der Waals surface area contributed by atoms with E-state index in [9.17, 15) is 9.59 Å². The number of rotatable bonds is 3. The second kappa shape index (κ2) is 7.26. The molecular weight excluding hydrogens is 442 g/mol. The Balaban J connectivity index is 1.80. The SMILES string of the molecule is CCc1ccc(C2c3c(oc4ccccc4c3=O)C(=O)N2c2cccc(Br)c2)cc1. The summed E-state index contributed by atoms with van der Waals surface area (Å²) < 4.78 is 6.83. The van der Waals surface area contributed by atoms with Crippen LogP contribution in [0.25, 0.3) is 11.0 Å². The number of carbonyl (C=O) groups excluding carboxylic acids is 1. The van der Waals surface area contributed by atoms with Crippen molar-refractivity contribution in [2.45, 2.75) is 19.4 Å². The first-order chi connectivity index (χ1) is 14.6. The fraction of sp³-hybridized carbons (Fsp3) is 0.120. The number of anilines is 1. The zero-order valence-corrected chi connectivity index (χ0v) is 17.8. The molecular formula is C25H18BrNO3. The zero-order chi connectivity index (χ0) is 20.8. The number of halogens is 1. The lowest BCUT2D eigenvalue weighted by Crippen LogP contribution is -2.29. The topological polar surface area (TPSA) is 50.5 Å². The van der Waals surface area contributed by atoms with Crippen molar-refractivity contribution >= 4 is 38.5 Å². The maximum absolute atomic E-state index is 13.5. The van der Waals surface area contributed by atoms with Crippen molar-refractivity contribution in [2.75, 3.05) is 4.90 Å². The predicted molar refractivity (Wildman–Crippen MR) is 121 cm³/mol. The minimum Gasteiger partial charge on any atom is -0.450 e. The normalized spacial score (nSPS) is 15.6. The monoisotopic (exact) mass is 459 g/mol. The molecule has 148 valence electrons. The standard InChI is InChI=1S/C25H18BrNO3/c1-2-15-10-12-16(13-11-15)22-21-23(28)19-8-3-4-9-20(19)30-24(21)25(29)27(22)18-7-5-6-17(26)14-18/h3-14,22H,2H2,1H3. The van der Waals surface area contributed by atoms with E-state index in [4.69, 9.17) is 4.42 Å². The van der Waals surface area contributed by atoms with Gasteiger partial charge in [-0.15, -0.1) is 0 Å². The molecule has 1 amide bonds. The van der Waals surface area contributed by atoms with Gasteiger partial charge in [0, 0.05) is 10.2 Å². The fourth-order valence-corrected chi connectivity index (χ4v) is 4.45. The lowest BCUT2D eigenvalue weighted by Gasteiger charge is -2.25. The Bertz CT molecular complexity index is 1340. The van der Waals surface area contributed by atoms with Gasteiger partial charge >= 0.3 is 0 Å². The summed E-state index contributed by atoms with van der Waals surface area (Å²) in [5, 5.41) is 0.482. The average Bonchev–Trinajstić information content (AvgIpc) is 3.06. The average molecular weight is 460 g/mol. The number of nitrogens with zero attached hydrogens (tertiary/aromatic N) is 1. The van der Waals surface area contributed by atoms with E-state index >= 15 is 0 Å². The van der Waals surface area contributed by atoms with Gasteiger partial charge in [0.15, 0.2) is 5.43 Å². The van der Waals surface area contributed by atoms with Gasteiger partial charge in [0.1, 0.15) is 5.58 Å². The van der Waals surface area contributed by atoms with Gasteiger partial charge in [0.2, 0.25) is 5.76 Å². The number of benzene rings is 3. The van der Waals surface area contributed by atoms with Crippen molar-refractivity contribution in [2.24, 2.45) is 0 Å². The highest BCUT2D eigenvalue weighted by Gasteiger charge is 2.43. The van der Waals surface area contributed by atoms with Crippen LogP contribution < -0.4 is 10.3 Å². The lowest BCUT2D eigenvalue weighted by atomic mass is 9.97. The molecule has 0 aliphatic carbocycles. The molecule has 0 saturated heterocycles. The summed E-state index contributed by atoms with van der Waals surface area (Å²) in [6.07, 6.45) is 0.919. The summed E-state index contributed by atoms with van der Waals surface area (Å²) >= 11 is 3.49. The van der Waals surface area contributed by atoms with E-state index < -0.39 is 6.04 Å². The first-order valence-electron chi connectivity index (χ1n) is 9.82.